The average Bonchev–Trinajstić information content (AvgIpc) is 3.66. The van der Waals surface area contributed by atoms with Crippen molar-refractivity contribution in [3.63, 3.8) is 0 Å². The van der Waals surface area contributed by atoms with Crippen molar-refractivity contribution < 1.29 is 37.0 Å². The molecule has 4 aromatic rings. The van der Waals surface area contributed by atoms with Crippen LogP contribution in [0.2, 0.25) is 0 Å². The summed E-state index contributed by atoms with van der Waals surface area (Å²) < 4.78 is 59.0. The number of carbonyl (C=O) groups is 3. The van der Waals surface area contributed by atoms with Gasteiger partial charge in [0.05, 0.1) is 42.0 Å². The smallest absolute Gasteiger partial charge is 0.406 e. The molecule has 7 aliphatic rings. The molecule has 0 unspecified atom stereocenters. The van der Waals surface area contributed by atoms with Gasteiger partial charge in [-0.05, 0) is 130 Å². The number of piperazine rings is 1. The summed E-state index contributed by atoms with van der Waals surface area (Å²) in [4.78, 5) is 56.4. The summed E-state index contributed by atoms with van der Waals surface area (Å²) in [7, 11) is 1.58. The van der Waals surface area contributed by atoms with Gasteiger partial charge in [-0.1, -0.05) is 57.0 Å². The van der Waals surface area contributed by atoms with Crippen LogP contribution in [0.5, 0.6) is 0 Å². The number of methoxy groups -OCH3 is 1. The minimum Gasteiger partial charge on any atom is -0.464 e. The number of nitrogens with zero attached hydrogens (tertiary/aromatic N) is 6. The number of hydrogen-bond donors (Lipinski definition) is 3. The number of fused-ring (bicyclic) bond motifs is 6. The molecule has 5 atom stereocenters. The number of anilines is 1. The molecular formula is C58H76F3N9O5. The number of esters is 1. The molecule has 2 aromatic carbocycles. The molecular weight excluding hydrogens is 960 g/mol. The van der Waals surface area contributed by atoms with Crippen LogP contribution in [0.1, 0.15) is 108 Å². The van der Waals surface area contributed by atoms with Crippen LogP contribution in [-0.4, -0.2) is 145 Å². The van der Waals surface area contributed by atoms with Crippen molar-refractivity contribution in [3.05, 3.63) is 71.5 Å². The van der Waals surface area contributed by atoms with Crippen molar-refractivity contribution in [3.8, 4) is 22.4 Å². The van der Waals surface area contributed by atoms with E-state index in [0.717, 1.165) is 113 Å². The van der Waals surface area contributed by atoms with E-state index in [1.807, 2.05) is 69.4 Å². The first kappa shape index (κ1) is 52.0. The van der Waals surface area contributed by atoms with Gasteiger partial charge in [-0.25, -0.2) is 5.43 Å². The van der Waals surface area contributed by atoms with E-state index in [2.05, 4.69) is 30.8 Å². The first-order chi connectivity index (χ1) is 36.0. The standard InChI is InChI=1S/C58H76F3N9O5/c1-37(74-4)50-45(30-43(32-63-50)67-25-23-66(24-26-67)42-15-16-42)52-46-31-56(2,3)36-75-55(73)47-13-8-21-70(65-47)54(72)48(64-53(71)51(39-10-5-6-11-39)68-22-19-57(34-68)18-20-62-33-57)28-38-9-7-12-40(27-38)41-14-17-49(44(46)29-41)69(52)35-58(59,60)61/h7,9,12,14,17,27,29-30,32,37,39,42,47-48,51,62,65H,5-6,8,10-11,13,15-16,18-26,28,31,33-36H2,1-4H3,(H,64,71)/t37-,47-,48-,51-,57-/m0/s1. The zero-order valence-corrected chi connectivity index (χ0v) is 44.3. The molecule has 5 aliphatic heterocycles. The van der Waals surface area contributed by atoms with E-state index in [1.165, 1.54) is 22.4 Å². The number of hydrogen-bond acceptors (Lipinski definition) is 11. The normalized spacial score (nSPS) is 26.2. The summed E-state index contributed by atoms with van der Waals surface area (Å²) >= 11 is 0. The largest absolute Gasteiger partial charge is 0.464 e. The number of halogens is 3. The molecule has 7 heterocycles. The Balaban J connectivity index is 1.01. The lowest BCUT2D eigenvalue weighted by Crippen LogP contribution is -2.62. The fourth-order valence-corrected chi connectivity index (χ4v) is 13.6. The van der Waals surface area contributed by atoms with Crippen molar-refractivity contribution in [1.82, 2.24) is 40.4 Å². The van der Waals surface area contributed by atoms with Gasteiger partial charge < -0.3 is 29.6 Å². The van der Waals surface area contributed by atoms with Gasteiger partial charge in [0.15, 0.2) is 0 Å². The Morgan fingerprint density at radius 2 is 1.73 bits per heavy atom. The molecule has 404 valence electrons. The fraction of sp³-hybridized carbons (Fsp3) is 0.621. The highest BCUT2D eigenvalue weighted by molar-refractivity contribution is 5.96. The molecule has 17 heteroatoms. The molecule has 11 rings (SSSR count). The second-order valence-electron chi connectivity index (χ2n) is 23.9. The number of carbonyl (C=O) groups excluding carboxylic acids is 3. The van der Waals surface area contributed by atoms with Gasteiger partial charge in [0, 0.05) is 87.3 Å². The van der Waals surface area contributed by atoms with Crippen molar-refractivity contribution in [2.45, 2.75) is 141 Å². The average molecular weight is 1040 g/mol. The molecule has 3 N–H and O–H groups in total. The number of alkyl halides is 3. The second-order valence-corrected chi connectivity index (χ2v) is 23.9. The van der Waals surface area contributed by atoms with E-state index < -0.39 is 42.3 Å². The highest BCUT2D eigenvalue weighted by atomic mass is 19.4. The number of pyridine rings is 1. The number of ether oxygens (including phenoxy) is 2. The number of likely N-dealkylation sites (tertiary alicyclic amines) is 1. The van der Waals surface area contributed by atoms with Crippen LogP contribution in [0.3, 0.4) is 0 Å². The number of hydrazine groups is 1. The maximum atomic E-state index is 15.2. The van der Waals surface area contributed by atoms with Crippen LogP contribution in [0.15, 0.2) is 54.7 Å². The van der Waals surface area contributed by atoms with Gasteiger partial charge in [0.2, 0.25) is 5.91 Å². The van der Waals surface area contributed by atoms with Gasteiger partial charge in [0.1, 0.15) is 18.6 Å². The predicted octanol–water partition coefficient (Wildman–Crippen LogP) is 7.82. The van der Waals surface area contributed by atoms with E-state index in [1.54, 1.807) is 13.2 Å². The lowest BCUT2D eigenvalue weighted by molar-refractivity contribution is -0.155. The summed E-state index contributed by atoms with van der Waals surface area (Å²) in [5.41, 5.74) is 8.49. The highest BCUT2D eigenvalue weighted by Crippen LogP contribution is 2.45. The summed E-state index contributed by atoms with van der Waals surface area (Å²) in [5, 5.41) is 9.02. The lowest BCUT2D eigenvalue weighted by atomic mass is 9.84. The third-order valence-corrected chi connectivity index (χ3v) is 17.8. The Kier molecular flexibility index (Phi) is 14.6. The van der Waals surface area contributed by atoms with Crippen molar-refractivity contribution >= 4 is 34.4 Å². The highest BCUT2D eigenvalue weighted by Gasteiger charge is 2.47. The van der Waals surface area contributed by atoms with Crippen molar-refractivity contribution in [2.24, 2.45) is 16.7 Å². The quantitative estimate of drug-likeness (QED) is 0.134. The molecule has 75 heavy (non-hydrogen) atoms. The van der Waals surface area contributed by atoms with E-state index >= 15 is 13.2 Å². The van der Waals surface area contributed by atoms with Crippen molar-refractivity contribution in [2.75, 3.05) is 77.5 Å². The van der Waals surface area contributed by atoms with Crippen LogP contribution in [0.25, 0.3) is 33.3 Å². The van der Waals surface area contributed by atoms with Gasteiger partial charge in [-0.3, -0.25) is 34.2 Å². The SMILES string of the molecule is CO[C@@H](C)c1ncc(N2CCN(C3CC3)CC2)cc1-c1c2c3cc(ccc3n1CC(F)(F)F)-c1cccc(c1)C[C@H](NC(=O)[C@H](C1CCCC1)N1CC[C@]3(CCNC3)C1)C(=O)N1CCC[C@H](N1)C(=O)OCC(C)(C)C2. The van der Waals surface area contributed by atoms with E-state index in [0.29, 0.717) is 58.8 Å². The zero-order valence-electron chi connectivity index (χ0n) is 44.3. The second kappa shape index (κ2) is 21.0. The molecule has 2 amide bonds. The fourth-order valence-electron chi connectivity index (χ4n) is 13.6. The van der Waals surface area contributed by atoms with Gasteiger partial charge in [-0.2, -0.15) is 13.2 Å². The Bertz CT molecular complexity index is 2760. The summed E-state index contributed by atoms with van der Waals surface area (Å²) in [6.07, 6.45) is 6.80. The van der Waals surface area contributed by atoms with E-state index in [9.17, 15) is 14.4 Å². The third-order valence-electron chi connectivity index (χ3n) is 17.8. The number of cyclic esters (lactones) is 1. The van der Waals surface area contributed by atoms with Crippen LogP contribution in [-0.2, 0) is 43.2 Å². The third kappa shape index (κ3) is 11.1. The van der Waals surface area contributed by atoms with Crippen LogP contribution in [0.4, 0.5) is 18.9 Å². The minimum absolute atomic E-state index is 0.0366. The summed E-state index contributed by atoms with van der Waals surface area (Å²) in [6, 6.07) is 14.1. The molecule has 4 saturated heterocycles. The lowest BCUT2D eigenvalue weighted by Gasteiger charge is -2.37. The van der Waals surface area contributed by atoms with Gasteiger partial charge >= 0.3 is 12.1 Å². The Morgan fingerprint density at radius 3 is 2.47 bits per heavy atom. The molecule has 0 radical (unpaired) electrons. The molecule has 2 saturated carbocycles. The maximum absolute atomic E-state index is 15.2. The predicted molar refractivity (Wildman–Crippen MR) is 283 cm³/mol. The Morgan fingerprint density at radius 1 is 0.947 bits per heavy atom. The first-order valence-electron chi connectivity index (χ1n) is 27.9. The van der Waals surface area contributed by atoms with Gasteiger partial charge in [-0.15, -0.1) is 0 Å². The number of amides is 2. The molecule has 14 nitrogen and oxygen atoms in total. The van der Waals surface area contributed by atoms with E-state index in [-0.39, 0.29) is 48.6 Å². The topological polar surface area (TPSA) is 137 Å². The number of rotatable bonds is 10. The summed E-state index contributed by atoms with van der Waals surface area (Å²) in [5.74, 6) is -0.772. The number of aromatic nitrogens is 2. The first-order valence-corrected chi connectivity index (χ1v) is 27.9. The monoisotopic (exact) mass is 1040 g/mol. The van der Waals surface area contributed by atoms with E-state index in [4.69, 9.17) is 14.5 Å². The van der Waals surface area contributed by atoms with Gasteiger partial charge in [0.25, 0.3) is 5.91 Å². The number of benzene rings is 2. The summed E-state index contributed by atoms with van der Waals surface area (Å²) in [6.45, 7) is 11.9. The minimum atomic E-state index is -4.58. The molecule has 6 fully saturated rings. The molecule has 2 aliphatic carbocycles. The number of nitrogens with one attached hydrogen (secondary N) is 3. The molecule has 2 aromatic heterocycles. The zero-order chi connectivity index (χ0) is 52.2. The van der Waals surface area contributed by atoms with Crippen LogP contribution >= 0.6 is 0 Å². The maximum Gasteiger partial charge on any atom is 0.406 e. The van der Waals surface area contributed by atoms with Crippen LogP contribution < -0.4 is 21.0 Å². The van der Waals surface area contributed by atoms with Crippen molar-refractivity contribution in [1.29, 1.82) is 0 Å². The van der Waals surface area contributed by atoms with Crippen LogP contribution in [0, 0.1) is 16.7 Å². The molecule has 1 spiro atoms. The Labute approximate surface area is 439 Å². The Hall–Kier alpha value is -5.07. The molecule has 6 bridgehead atoms.